The SMILES string of the molecule is CCCN(CC(=O)O)C(=O)CS(=O)(=O)C1CCCC1. The standard InChI is InChI=1S/C12H21NO5S/c1-2-7-13(8-12(15)16)11(14)9-19(17,18)10-5-3-4-6-10/h10H,2-9H2,1H3,(H,15,16). The predicted molar refractivity (Wildman–Crippen MR) is 70.5 cm³/mol. The lowest BCUT2D eigenvalue weighted by molar-refractivity contribution is -0.143. The van der Waals surface area contributed by atoms with E-state index in [0.29, 0.717) is 19.3 Å². The van der Waals surface area contributed by atoms with Crippen LogP contribution >= 0.6 is 0 Å². The Labute approximate surface area is 113 Å². The molecule has 7 heteroatoms. The van der Waals surface area contributed by atoms with Crippen molar-refractivity contribution in [1.82, 2.24) is 4.90 Å². The van der Waals surface area contributed by atoms with E-state index in [4.69, 9.17) is 5.11 Å². The summed E-state index contributed by atoms with van der Waals surface area (Å²) in [4.78, 5) is 23.7. The number of amides is 1. The average Bonchev–Trinajstić information content (AvgIpc) is 2.81. The first-order valence-electron chi connectivity index (χ1n) is 6.58. The molecule has 0 aromatic carbocycles. The van der Waals surface area contributed by atoms with Crippen LogP contribution in [-0.2, 0) is 19.4 Å². The number of hydrogen-bond acceptors (Lipinski definition) is 4. The van der Waals surface area contributed by atoms with Gasteiger partial charge in [0.15, 0.2) is 9.84 Å². The van der Waals surface area contributed by atoms with Gasteiger partial charge in [-0.05, 0) is 19.3 Å². The fraction of sp³-hybridized carbons (Fsp3) is 0.833. The first-order valence-corrected chi connectivity index (χ1v) is 8.29. The lowest BCUT2D eigenvalue weighted by Crippen LogP contribution is -2.41. The van der Waals surface area contributed by atoms with Crippen molar-refractivity contribution in [2.75, 3.05) is 18.8 Å². The maximum absolute atomic E-state index is 12.0. The van der Waals surface area contributed by atoms with Crippen molar-refractivity contribution in [3.8, 4) is 0 Å². The number of carbonyl (C=O) groups is 2. The number of sulfone groups is 1. The van der Waals surface area contributed by atoms with E-state index in [2.05, 4.69) is 0 Å². The van der Waals surface area contributed by atoms with Gasteiger partial charge in [-0.2, -0.15) is 0 Å². The zero-order valence-electron chi connectivity index (χ0n) is 11.2. The molecule has 0 heterocycles. The van der Waals surface area contributed by atoms with Crippen molar-refractivity contribution in [3.63, 3.8) is 0 Å². The Morgan fingerprint density at radius 2 is 1.84 bits per heavy atom. The molecule has 1 fully saturated rings. The maximum Gasteiger partial charge on any atom is 0.323 e. The molecule has 0 unspecified atom stereocenters. The number of aliphatic carboxylic acids is 1. The third kappa shape index (κ3) is 4.81. The van der Waals surface area contributed by atoms with Gasteiger partial charge in [0.1, 0.15) is 12.3 Å². The highest BCUT2D eigenvalue weighted by Gasteiger charge is 2.32. The summed E-state index contributed by atoms with van der Waals surface area (Å²) in [7, 11) is -3.44. The van der Waals surface area contributed by atoms with Gasteiger partial charge < -0.3 is 10.0 Å². The molecule has 0 bridgehead atoms. The molecule has 0 atom stereocenters. The normalized spacial score (nSPS) is 16.5. The summed E-state index contributed by atoms with van der Waals surface area (Å²) in [5.74, 6) is -2.29. The van der Waals surface area contributed by atoms with Gasteiger partial charge in [-0.15, -0.1) is 0 Å². The van der Waals surface area contributed by atoms with E-state index in [0.717, 1.165) is 17.7 Å². The zero-order valence-corrected chi connectivity index (χ0v) is 12.0. The van der Waals surface area contributed by atoms with Gasteiger partial charge in [-0.1, -0.05) is 19.8 Å². The topological polar surface area (TPSA) is 91.8 Å². The third-order valence-electron chi connectivity index (χ3n) is 3.31. The number of carboxylic acid groups (broad SMARTS) is 1. The van der Waals surface area contributed by atoms with E-state index in [1.54, 1.807) is 0 Å². The first kappa shape index (κ1) is 15.9. The highest BCUT2D eigenvalue weighted by molar-refractivity contribution is 7.92. The number of carboxylic acids is 1. The molecule has 1 aliphatic carbocycles. The van der Waals surface area contributed by atoms with Crippen LogP contribution in [0.5, 0.6) is 0 Å². The van der Waals surface area contributed by atoms with E-state index in [1.807, 2.05) is 6.92 Å². The molecule has 1 rings (SSSR count). The van der Waals surface area contributed by atoms with Crippen LogP contribution in [0.25, 0.3) is 0 Å². The van der Waals surface area contributed by atoms with Gasteiger partial charge in [0.05, 0.1) is 5.25 Å². The van der Waals surface area contributed by atoms with Gasteiger partial charge in [0.25, 0.3) is 0 Å². The molecule has 1 aliphatic rings. The smallest absolute Gasteiger partial charge is 0.323 e. The van der Waals surface area contributed by atoms with Crippen molar-refractivity contribution >= 4 is 21.7 Å². The summed E-state index contributed by atoms with van der Waals surface area (Å²) in [6.07, 6.45) is 3.59. The highest BCUT2D eigenvalue weighted by atomic mass is 32.2. The molecule has 0 spiro atoms. The van der Waals surface area contributed by atoms with Gasteiger partial charge in [-0.3, -0.25) is 9.59 Å². The van der Waals surface area contributed by atoms with Crippen molar-refractivity contribution in [2.45, 2.75) is 44.3 Å². The van der Waals surface area contributed by atoms with E-state index in [1.165, 1.54) is 0 Å². The molecule has 0 aromatic rings. The lowest BCUT2D eigenvalue weighted by Gasteiger charge is -2.21. The molecule has 1 saturated carbocycles. The largest absolute Gasteiger partial charge is 0.480 e. The molecular formula is C12H21NO5S. The Morgan fingerprint density at radius 1 is 1.26 bits per heavy atom. The predicted octanol–water partition coefficient (Wildman–Crippen LogP) is 0.667. The van der Waals surface area contributed by atoms with Crippen LogP contribution in [0.3, 0.4) is 0 Å². The molecule has 6 nitrogen and oxygen atoms in total. The van der Waals surface area contributed by atoms with E-state index in [9.17, 15) is 18.0 Å². The van der Waals surface area contributed by atoms with Crippen molar-refractivity contribution in [1.29, 1.82) is 0 Å². The molecular weight excluding hydrogens is 270 g/mol. The second-order valence-electron chi connectivity index (χ2n) is 4.92. The van der Waals surface area contributed by atoms with Crippen LogP contribution in [0.1, 0.15) is 39.0 Å². The number of nitrogens with zero attached hydrogens (tertiary/aromatic N) is 1. The zero-order chi connectivity index (χ0) is 14.5. The summed E-state index contributed by atoms with van der Waals surface area (Å²) < 4.78 is 24.1. The second kappa shape index (κ2) is 6.88. The van der Waals surface area contributed by atoms with Crippen LogP contribution < -0.4 is 0 Å². The molecule has 0 radical (unpaired) electrons. The molecule has 1 amide bonds. The minimum atomic E-state index is -3.44. The van der Waals surface area contributed by atoms with Crippen LogP contribution in [0.2, 0.25) is 0 Å². The van der Waals surface area contributed by atoms with Gasteiger partial charge in [0.2, 0.25) is 5.91 Å². The minimum Gasteiger partial charge on any atom is -0.480 e. The molecule has 19 heavy (non-hydrogen) atoms. The second-order valence-corrected chi connectivity index (χ2v) is 7.20. The van der Waals surface area contributed by atoms with E-state index < -0.39 is 39.3 Å². The average molecular weight is 291 g/mol. The van der Waals surface area contributed by atoms with Crippen molar-refractivity contribution < 1.29 is 23.1 Å². The molecule has 0 aliphatic heterocycles. The molecule has 110 valence electrons. The van der Waals surface area contributed by atoms with Crippen LogP contribution in [0, 0.1) is 0 Å². The van der Waals surface area contributed by atoms with Gasteiger partial charge in [0, 0.05) is 6.54 Å². The number of rotatable bonds is 7. The molecule has 0 saturated heterocycles. The summed E-state index contributed by atoms with van der Waals surface area (Å²) in [5, 5.41) is 8.30. The minimum absolute atomic E-state index is 0.269. The van der Waals surface area contributed by atoms with Gasteiger partial charge in [-0.25, -0.2) is 8.42 Å². The Balaban J connectivity index is 2.66. The van der Waals surface area contributed by atoms with Crippen LogP contribution in [0.15, 0.2) is 0 Å². The Kier molecular flexibility index (Phi) is 5.78. The molecule has 1 N–H and O–H groups in total. The fourth-order valence-corrected chi connectivity index (χ4v) is 4.17. The summed E-state index contributed by atoms with van der Waals surface area (Å²) in [6.45, 7) is 1.64. The van der Waals surface area contributed by atoms with Crippen molar-refractivity contribution in [2.24, 2.45) is 0 Å². The third-order valence-corrected chi connectivity index (χ3v) is 5.44. The Morgan fingerprint density at radius 3 is 2.32 bits per heavy atom. The number of hydrogen-bond donors (Lipinski definition) is 1. The van der Waals surface area contributed by atoms with E-state index >= 15 is 0 Å². The Hall–Kier alpha value is -1.11. The fourth-order valence-electron chi connectivity index (χ4n) is 2.35. The molecule has 0 aromatic heterocycles. The van der Waals surface area contributed by atoms with Crippen LogP contribution in [-0.4, -0.2) is 54.4 Å². The van der Waals surface area contributed by atoms with Crippen molar-refractivity contribution in [3.05, 3.63) is 0 Å². The quantitative estimate of drug-likeness (QED) is 0.744. The van der Waals surface area contributed by atoms with Crippen LogP contribution in [0.4, 0.5) is 0 Å². The number of carbonyl (C=O) groups excluding carboxylic acids is 1. The Bertz CT molecular complexity index is 425. The summed E-state index contributed by atoms with van der Waals surface area (Å²) in [6, 6.07) is 0. The highest BCUT2D eigenvalue weighted by Crippen LogP contribution is 2.25. The summed E-state index contributed by atoms with van der Waals surface area (Å²) in [5.41, 5.74) is 0. The lowest BCUT2D eigenvalue weighted by atomic mass is 10.4. The van der Waals surface area contributed by atoms with Gasteiger partial charge >= 0.3 is 5.97 Å². The maximum atomic E-state index is 12.0. The first-order chi connectivity index (χ1) is 8.86. The van der Waals surface area contributed by atoms with E-state index in [-0.39, 0.29) is 6.54 Å². The monoisotopic (exact) mass is 291 g/mol. The summed E-state index contributed by atoms with van der Waals surface area (Å²) >= 11 is 0.